The molecular weight excluding hydrogens is 515 g/mol. The second-order valence-electron chi connectivity index (χ2n) is 8.60. The van der Waals surface area contributed by atoms with E-state index in [4.69, 9.17) is 4.74 Å². The third-order valence-corrected chi connectivity index (χ3v) is 6.94. The van der Waals surface area contributed by atoms with E-state index in [0.717, 1.165) is 18.5 Å². The van der Waals surface area contributed by atoms with Crippen LogP contribution in [-0.4, -0.2) is 46.7 Å². The van der Waals surface area contributed by atoms with Crippen molar-refractivity contribution < 1.29 is 18.7 Å². The van der Waals surface area contributed by atoms with Gasteiger partial charge in [0.25, 0.3) is 11.8 Å². The fourth-order valence-electron chi connectivity index (χ4n) is 4.45. The number of carbonyl (C=O) groups is 2. The van der Waals surface area contributed by atoms with Crippen molar-refractivity contribution >= 4 is 33.4 Å². The predicted octanol–water partition coefficient (Wildman–Crippen LogP) is 5.39. The fourth-order valence-corrected chi connectivity index (χ4v) is 4.79. The summed E-state index contributed by atoms with van der Waals surface area (Å²) in [6.07, 6.45) is 1.75. The van der Waals surface area contributed by atoms with Crippen molar-refractivity contribution in [2.45, 2.75) is 39.2 Å². The van der Waals surface area contributed by atoms with Gasteiger partial charge in [0.05, 0.1) is 22.8 Å². The van der Waals surface area contributed by atoms with Gasteiger partial charge in [0.15, 0.2) is 0 Å². The molecule has 0 aliphatic carbocycles. The Morgan fingerprint density at radius 3 is 2.49 bits per heavy atom. The number of methoxy groups -OCH3 is 1. The molecular formula is C26H28BrFN4O3. The number of ether oxygens (including phenoxy) is 1. The average molecular weight is 543 g/mol. The summed E-state index contributed by atoms with van der Waals surface area (Å²) in [6, 6.07) is 12.2. The number of piperidine rings is 1. The molecule has 0 atom stereocenters. The topological polar surface area (TPSA) is 76.5 Å². The van der Waals surface area contributed by atoms with Crippen molar-refractivity contribution in [1.29, 1.82) is 0 Å². The Labute approximate surface area is 212 Å². The Hall–Kier alpha value is -3.20. The molecule has 0 unspecified atom stereocenters. The summed E-state index contributed by atoms with van der Waals surface area (Å²) in [7, 11) is 1.40. The number of hydrogen-bond acceptors (Lipinski definition) is 4. The number of rotatable bonds is 6. The van der Waals surface area contributed by atoms with E-state index >= 15 is 0 Å². The van der Waals surface area contributed by atoms with Crippen molar-refractivity contribution in [3.05, 3.63) is 75.3 Å². The third kappa shape index (κ3) is 5.40. The van der Waals surface area contributed by atoms with Crippen molar-refractivity contribution in [2.24, 2.45) is 0 Å². The van der Waals surface area contributed by atoms with Crippen LogP contribution in [0.15, 0.2) is 46.9 Å². The molecule has 2 heterocycles. The molecule has 1 aromatic heterocycles. The van der Waals surface area contributed by atoms with Crippen LogP contribution < -0.4 is 10.1 Å². The first-order valence-corrected chi connectivity index (χ1v) is 12.4. The first-order valence-electron chi connectivity index (χ1n) is 11.6. The van der Waals surface area contributed by atoms with E-state index in [0.29, 0.717) is 36.9 Å². The molecule has 1 aliphatic rings. The van der Waals surface area contributed by atoms with E-state index in [-0.39, 0.29) is 27.6 Å². The van der Waals surface area contributed by atoms with E-state index in [1.165, 1.54) is 24.8 Å². The van der Waals surface area contributed by atoms with Gasteiger partial charge in [-0.2, -0.15) is 5.10 Å². The summed E-state index contributed by atoms with van der Waals surface area (Å²) in [5.41, 5.74) is 3.54. The molecule has 0 spiro atoms. The van der Waals surface area contributed by atoms with Gasteiger partial charge in [-0.05, 0) is 78.4 Å². The second kappa shape index (κ2) is 10.6. The number of likely N-dealkylation sites (tertiary alicyclic amines) is 1. The molecule has 184 valence electrons. The Morgan fingerprint density at radius 2 is 1.86 bits per heavy atom. The number of benzene rings is 2. The number of nitrogens with one attached hydrogen (secondary N) is 1. The molecule has 3 aromatic rings. The quantitative estimate of drug-likeness (QED) is 0.452. The molecule has 9 heteroatoms. The number of aryl methyl sites for hydroxylation is 2. The lowest BCUT2D eigenvalue weighted by Crippen LogP contribution is -2.38. The van der Waals surface area contributed by atoms with Crippen LogP contribution >= 0.6 is 15.9 Å². The number of amides is 2. The first kappa shape index (κ1) is 24.9. The molecule has 2 aromatic carbocycles. The number of nitrogens with zero attached hydrogens (tertiary/aromatic N) is 3. The van der Waals surface area contributed by atoms with E-state index in [1.807, 2.05) is 49.1 Å². The largest absolute Gasteiger partial charge is 0.496 e. The van der Waals surface area contributed by atoms with Crippen LogP contribution in [0.2, 0.25) is 0 Å². The van der Waals surface area contributed by atoms with E-state index in [1.54, 1.807) is 4.68 Å². The molecule has 1 N–H and O–H groups in total. The summed E-state index contributed by atoms with van der Waals surface area (Å²) in [4.78, 5) is 27.6. The highest BCUT2D eigenvalue weighted by Crippen LogP contribution is 2.31. The number of carbonyl (C=O) groups excluding carboxylic acids is 2. The van der Waals surface area contributed by atoms with Gasteiger partial charge in [-0.3, -0.25) is 14.3 Å². The Bertz CT molecular complexity index is 1230. The Balaban J connectivity index is 1.37. The maximum absolute atomic E-state index is 13.8. The van der Waals surface area contributed by atoms with Gasteiger partial charge in [-0.25, -0.2) is 4.39 Å². The molecule has 35 heavy (non-hydrogen) atoms. The molecule has 0 saturated carbocycles. The minimum absolute atomic E-state index is 0.0341. The molecule has 7 nitrogen and oxygen atoms in total. The summed E-state index contributed by atoms with van der Waals surface area (Å²) < 4.78 is 20.9. The SMILES string of the molecule is CCn1nc(C)cc1C(=O)N1CCC(c2ccc(NC(=O)c3cc(Br)c(F)cc3OC)cc2)CC1. The average Bonchev–Trinajstić information content (AvgIpc) is 3.26. The zero-order valence-electron chi connectivity index (χ0n) is 20.0. The molecule has 0 bridgehead atoms. The molecule has 0 radical (unpaired) electrons. The van der Waals surface area contributed by atoms with Crippen molar-refractivity contribution in [3.63, 3.8) is 0 Å². The minimum atomic E-state index is -0.499. The number of hydrogen-bond donors (Lipinski definition) is 1. The first-order chi connectivity index (χ1) is 16.8. The van der Waals surface area contributed by atoms with Gasteiger partial charge in [0.2, 0.25) is 0 Å². The monoisotopic (exact) mass is 542 g/mol. The molecule has 1 aliphatic heterocycles. The lowest BCUT2D eigenvalue weighted by atomic mass is 9.89. The zero-order chi connectivity index (χ0) is 25.1. The highest BCUT2D eigenvalue weighted by molar-refractivity contribution is 9.10. The molecule has 2 amide bonds. The summed E-state index contributed by atoms with van der Waals surface area (Å²) in [5.74, 6) is -0.342. The van der Waals surface area contributed by atoms with Crippen molar-refractivity contribution in [2.75, 3.05) is 25.5 Å². The lowest BCUT2D eigenvalue weighted by molar-refractivity contribution is 0.0700. The van der Waals surface area contributed by atoms with Gasteiger partial charge in [0, 0.05) is 31.4 Å². The van der Waals surface area contributed by atoms with Crippen molar-refractivity contribution in [3.8, 4) is 5.75 Å². The summed E-state index contributed by atoms with van der Waals surface area (Å²) in [5, 5.41) is 7.23. The van der Waals surface area contributed by atoms with Crippen LogP contribution in [0.5, 0.6) is 5.75 Å². The van der Waals surface area contributed by atoms with Gasteiger partial charge < -0.3 is 15.0 Å². The standard InChI is InChI=1S/C26H28BrFN4O3/c1-4-32-23(13-16(2)30-32)26(34)31-11-9-18(10-12-31)17-5-7-19(8-6-17)29-25(33)20-14-21(27)22(28)15-24(20)35-3/h5-8,13-15,18H,4,9-12H2,1-3H3,(H,29,33). The predicted molar refractivity (Wildman–Crippen MR) is 136 cm³/mol. The van der Waals surface area contributed by atoms with Crippen LogP contribution in [0.25, 0.3) is 0 Å². The highest BCUT2D eigenvalue weighted by Gasteiger charge is 2.26. The Morgan fingerprint density at radius 1 is 1.17 bits per heavy atom. The van der Waals surface area contributed by atoms with Crippen LogP contribution in [0, 0.1) is 12.7 Å². The number of aromatic nitrogens is 2. The lowest BCUT2D eigenvalue weighted by Gasteiger charge is -2.32. The van der Waals surface area contributed by atoms with Crippen LogP contribution in [-0.2, 0) is 6.54 Å². The second-order valence-corrected chi connectivity index (χ2v) is 9.45. The minimum Gasteiger partial charge on any atom is -0.496 e. The third-order valence-electron chi connectivity index (χ3n) is 6.33. The molecule has 4 rings (SSSR count). The van der Waals surface area contributed by atoms with E-state index < -0.39 is 5.82 Å². The van der Waals surface area contributed by atoms with Crippen LogP contribution in [0.1, 0.15) is 57.8 Å². The van der Waals surface area contributed by atoms with Gasteiger partial charge >= 0.3 is 0 Å². The highest BCUT2D eigenvalue weighted by atomic mass is 79.9. The van der Waals surface area contributed by atoms with Crippen molar-refractivity contribution in [1.82, 2.24) is 14.7 Å². The van der Waals surface area contributed by atoms with Crippen LogP contribution in [0.4, 0.5) is 10.1 Å². The van der Waals surface area contributed by atoms with Gasteiger partial charge in [-0.1, -0.05) is 12.1 Å². The van der Waals surface area contributed by atoms with E-state index in [2.05, 4.69) is 26.3 Å². The van der Waals surface area contributed by atoms with E-state index in [9.17, 15) is 14.0 Å². The molecule has 1 saturated heterocycles. The molecule has 1 fully saturated rings. The maximum atomic E-state index is 13.8. The fraction of sp³-hybridized carbons (Fsp3) is 0.346. The summed E-state index contributed by atoms with van der Waals surface area (Å²) >= 11 is 3.11. The van der Waals surface area contributed by atoms with Gasteiger partial charge in [-0.15, -0.1) is 0 Å². The number of anilines is 1. The number of halogens is 2. The van der Waals surface area contributed by atoms with Gasteiger partial charge in [0.1, 0.15) is 17.3 Å². The zero-order valence-corrected chi connectivity index (χ0v) is 21.6. The summed E-state index contributed by atoms with van der Waals surface area (Å²) in [6.45, 7) is 5.93. The maximum Gasteiger partial charge on any atom is 0.272 e. The normalized spacial score (nSPS) is 14.1. The van der Waals surface area contributed by atoms with Crippen LogP contribution in [0.3, 0.4) is 0 Å². The Kier molecular flexibility index (Phi) is 7.54. The smallest absolute Gasteiger partial charge is 0.272 e.